The number of rotatable bonds is 4. The van der Waals surface area contributed by atoms with Crippen molar-refractivity contribution in [2.24, 2.45) is 5.92 Å². The quantitative estimate of drug-likeness (QED) is 0.887. The van der Waals surface area contributed by atoms with Gasteiger partial charge in [0.15, 0.2) is 0 Å². The number of nitrogens with one attached hydrogen (secondary N) is 1. The molecule has 4 nitrogen and oxygen atoms in total. The smallest absolute Gasteiger partial charge is 0.225 e. The number of hydrogen-bond acceptors (Lipinski definition) is 3. The number of likely N-dealkylation sites (tertiary alicyclic amines) is 1. The number of nitrogens with zero attached hydrogens (tertiary/aromatic N) is 1. The normalized spacial score (nSPS) is 28.2. The molecular weight excluding hydrogens is 312 g/mol. The number of benzene rings is 1. The summed E-state index contributed by atoms with van der Waals surface area (Å²) in [4.78, 5) is 14.4. The average Bonchev–Trinajstić information content (AvgIpc) is 2.55. The minimum absolute atomic E-state index is 0.0248. The van der Waals surface area contributed by atoms with Gasteiger partial charge in [-0.25, -0.2) is 0 Å². The van der Waals surface area contributed by atoms with Gasteiger partial charge in [0.05, 0.1) is 5.60 Å². The first-order valence-corrected chi connectivity index (χ1v) is 8.93. The largest absolute Gasteiger partial charge is 0.390 e. The molecule has 2 fully saturated rings. The lowest BCUT2D eigenvalue weighted by molar-refractivity contribution is -0.117. The highest BCUT2D eigenvalue weighted by atomic mass is 35.5. The zero-order valence-corrected chi connectivity index (χ0v) is 14.2. The predicted molar refractivity (Wildman–Crippen MR) is 92.7 cm³/mol. The zero-order chi connectivity index (χ0) is 16.3. The van der Waals surface area contributed by atoms with Gasteiger partial charge >= 0.3 is 0 Å². The molecule has 1 aliphatic carbocycles. The van der Waals surface area contributed by atoms with E-state index < -0.39 is 5.60 Å². The molecule has 2 N–H and O–H groups in total. The molecule has 2 atom stereocenters. The summed E-state index contributed by atoms with van der Waals surface area (Å²) >= 11 is 5.84. The topological polar surface area (TPSA) is 52.6 Å². The molecular formula is C18H25ClN2O2. The summed E-state index contributed by atoms with van der Waals surface area (Å²) in [6.45, 7) is 2.57. The van der Waals surface area contributed by atoms with Crippen LogP contribution in [0.2, 0.25) is 5.02 Å². The van der Waals surface area contributed by atoms with Gasteiger partial charge in [0, 0.05) is 42.7 Å². The molecule has 0 spiro atoms. The molecule has 1 amide bonds. The van der Waals surface area contributed by atoms with Crippen LogP contribution in [0.3, 0.4) is 0 Å². The maximum Gasteiger partial charge on any atom is 0.225 e. The van der Waals surface area contributed by atoms with Crippen LogP contribution in [0.25, 0.3) is 0 Å². The van der Waals surface area contributed by atoms with Gasteiger partial charge < -0.3 is 15.3 Å². The molecule has 3 rings (SSSR count). The van der Waals surface area contributed by atoms with E-state index in [0.717, 1.165) is 51.0 Å². The van der Waals surface area contributed by atoms with E-state index in [1.807, 2.05) is 12.1 Å². The van der Waals surface area contributed by atoms with Crippen molar-refractivity contribution in [2.45, 2.75) is 44.1 Å². The van der Waals surface area contributed by atoms with Crippen molar-refractivity contribution in [3.63, 3.8) is 0 Å². The van der Waals surface area contributed by atoms with Crippen LogP contribution in [0, 0.1) is 5.92 Å². The number of amides is 1. The van der Waals surface area contributed by atoms with Crippen molar-refractivity contribution in [2.75, 3.05) is 25.0 Å². The first kappa shape index (κ1) is 16.7. The highest BCUT2D eigenvalue weighted by molar-refractivity contribution is 6.30. The van der Waals surface area contributed by atoms with E-state index >= 15 is 0 Å². The van der Waals surface area contributed by atoms with Crippen molar-refractivity contribution < 1.29 is 9.90 Å². The Bertz CT molecular complexity index is 548. The number of carbonyl (C=O) groups excluding carboxylic acids is 1. The molecule has 0 aromatic heterocycles. The molecule has 126 valence electrons. The minimum Gasteiger partial charge on any atom is -0.390 e. The maximum absolute atomic E-state index is 12.1. The third kappa shape index (κ3) is 4.25. The van der Waals surface area contributed by atoms with Gasteiger partial charge in [-0.1, -0.05) is 24.4 Å². The molecule has 5 heteroatoms. The first-order valence-electron chi connectivity index (χ1n) is 8.55. The number of fused-ring (bicyclic) bond motifs is 1. The third-order valence-electron chi connectivity index (χ3n) is 5.29. The van der Waals surface area contributed by atoms with Crippen molar-refractivity contribution in [1.82, 2.24) is 4.90 Å². The lowest BCUT2D eigenvalue weighted by Gasteiger charge is -2.47. The molecule has 2 aliphatic rings. The molecule has 1 aromatic rings. The summed E-state index contributed by atoms with van der Waals surface area (Å²) in [6, 6.07) is 7.16. The second kappa shape index (κ2) is 7.20. The summed E-state index contributed by atoms with van der Waals surface area (Å²) in [7, 11) is 0. The fraction of sp³-hybridized carbons (Fsp3) is 0.611. The fourth-order valence-corrected chi connectivity index (χ4v) is 3.99. The Kier molecular flexibility index (Phi) is 5.24. The van der Waals surface area contributed by atoms with E-state index in [0.29, 0.717) is 17.4 Å². The van der Waals surface area contributed by atoms with Gasteiger partial charge in [-0.15, -0.1) is 0 Å². The summed E-state index contributed by atoms with van der Waals surface area (Å²) in [5, 5.41) is 14.2. The predicted octanol–water partition coefficient (Wildman–Crippen LogP) is 3.30. The van der Waals surface area contributed by atoms with E-state index in [1.54, 1.807) is 12.1 Å². The van der Waals surface area contributed by atoms with Crippen LogP contribution >= 0.6 is 11.6 Å². The standard InChI is InChI=1S/C18H25ClN2O2/c19-15-4-6-16(7-5-15)20-17(22)8-11-21-12-10-18(23)9-2-1-3-14(18)13-21/h4-7,14,23H,1-3,8-13H2,(H,20,22). The van der Waals surface area contributed by atoms with Gasteiger partial charge in [0.2, 0.25) is 5.91 Å². The molecule has 23 heavy (non-hydrogen) atoms. The lowest BCUT2D eigenvalue weighted by Crippen LogP contribution is -2.53. The summed E-state index contributed by atoms with van der Waals surface area (Å²) in [6.07, 6.45) is 5.76. The van der Waals surface area contributed by atoms with E-state index in [2.05, 4.69) is 10.2 Å². The number of anilines is 1. The van der Waals surface area contributed by atoms with E-state index in [1.165, 1.54) is 6.42 Å². The fourth-order valence-electron chi connectivity index (χ4n) is 3.86. The van der Waals surface area contributed by atoms with Crippen LogP contribution in [0.15, 0.2) is 24.3 Å². The van der Waals surface area contributed by atoms with Gasteiger partial charge in [-0.3, -0.25) is 4.79 Å². The molecule has 1 heterocycles. The zero-order valence-electron chi connectivity index (χ0n) is 13.4. The average molecular weight is 337 g/mol. The Hall–Kier alpha value is -1.10. The SMILES string of the molecule is O=C(CCN1CCC2(O)CCCCC2C1)Nc1ccc(Cl)cc1. The van der Waals surface area contributed by atoms with Crippen LogP contribution < -0.4 is 5.32 Å². The summed E-state index contributed by atoms with van der Waals surface area (Å²) in [5.41, 5.74) is 0.333. The van der Waals surface area contributed by atoms with Crippen LogP contribution in [0.4, 0.5) is 5.69 Å². The first-order chi connectivity index (χ1) is 11.0. The molecule has 0 radical (unpaired) electrons. The number of aliphatic hydroxyl groups is 1. The molecule has 2 unspecified atom stereocenters. The Morgan fingerprint density at radius 1 is 1.30 bits per heavy atom. The highest BCUT2D eigenvalue weighted by Gasteiger charge is 2.42. The Balaban J connectivity index is 1.45. The Labute approximate surface area is 142 Å². The van der Waals surface area contributed by atoms with E-state index in [-0.39, 0.29) is 5.91 Å². The number of piperidine rings is 1. The van der Waals surface area contributed by atoms with Crippen LogP contribution in [-0.2, 0) is 4.79 Å². The molecule has 1 aromatic carbocycles. The second-order valence-corrected chi connectivity index (χ2v) is 7.34. The van der Waals surface area contributed by atoms with Gasteiger partial charge in [-0.05, 0) is 43.5 Å². The van der Waals surface area contributed by atoms with E-state index in [9.17, 15) is 9.90 Å². The van der Waals surface area contributed by atoms with Crippen molar-refractivity contribution in [3.8, 4) is 0 Å². The third-order valence-corrected chi connectivity index (χ3v) is 5.55. The van der Waals surface area contributed by atoms with Gasteiger partial charge in [-0.2, -0.15) is 0 Å². The van der Waals surface area contributed by atoms with Crippen LogP contribution in [0.1, 0.15) is 38.5 Å². The monoisotopic (exact) mass is 336 g/mol. The van der Waals surface area contributed by atoms with Crippen LogP contribution in [-0.4, -0.2) is 41.1 Å². The van der Waals surface area contributed by atoms with Gasteiger partial charge in [0.1, 0.15) is 0 Å². The number of halogens is 1. The lowest BCUT2D eigenvalue weighted by atomic mass is 9.71. The van der Waals surface area contributed by atoms with E-state index in [4.69, 9.17) is 11.6 Å². The van der Waals surface area contributed by atoms with Crippen LogP contribution in [0.5, 0.6) is 0 Å². The summed E-state index contributed by atoms with van der Waals surface area (Å²) in [5.74, 6) is 0.404. The molecule has 1 saturated carbocycles. The highest BCUT2D eigenvalue weighted by Crippen LogP contribution is 2.39. The minimum atomic E-state index is -0.444. The molecule has 1 aliphatic heterocycles. The Morgan fingerprint density at radius 3 is 2.87 bits per heavy atom. The summed E-state index contributed by atoms with van der Waals surface area (Å²) < 4.78 is 0. The van der Waals surface area contributed by atoms with Crippen molar-refractivity contribution in [3.05, 3.63) is 29.3 Å². The van der Waals surface area contributed by atoms with Crippen molar-refractivity contribution in [1.29, 1.82) is 0 Å². The molecule has 1 saturated heterocycles. The number of carbonyl (C=O) groups is 1. The number of hydrogen-bond donors (Lipinski definition) is 2. The van der Waals surface area contributed by atoms with Gasteiger partial charge in [0.25, 0.3) is 0 Å². The van der Waals surface area contributed by atoms with Crippen molar-refractivity contribution >= 4 is 23.2 Å². The second-order valence-electron chi connectivity index (χ2n) is 6.90. The Morgan fingerprint density at radius 2 is 2.09 bits per heavy atom. The maximum atomic E-state index is 12.1. The molecule has 0 bridgehead atoms.